The number of aromatic nitrogens is 2. The van der Waals surface area contributed by atoms with Crippen molar-refractivity contribution in [3.05, 3.63) is 12.4 Å². The second-order valence-corrected chi connectivity index (χ2v) is 5.83. The van der Waals surface area contributed by atoms with Gasteiger partial charge in [-0.1, -0.05) is 0 Å². The summed E-state index contributed by atoms with van der Waals surface area (Å²) in [7, 11) is -1.82. The molecule has 0 radical (unpaired) electrons. The zero-order chi connectivity index (χ0) is 11.8. The van der Waals surface area contributed by atoms with Gasteiger partial charge in [0.1, 0.15) is 4.90 Å². The third-order valence-corrected chi connectivity index (χ3v) is 4.73. The van der Waals surface area contributed by atoms with E-state index in [0.717, 1.165) is 12.8 Å². The van der Waals surface area contributed by atoms with Gasteiger partial charge >= 0.3 is 0 Å². The molecule has 2 heterocycles. The molecule has 0 aliphatic carbocycles. The van der Waals surface area contributed by atoms with Crippen LogP contribution in [0.2, 0.25) is 0 Å². The second-order valence-electron chi connectivity index (χ2n) is 3.94. The standard InChI is InChI=1S/C9H15N3O3S/c1-11-6-9(5-10-11)16(14,15)12-4-2-3-8(12)7-13/h5-6,8,13H,2-4,7H2,1H3/t8-/m0/s1. The van der Waals surface area contributed by atoms with Crippen molar-refractivity contribution in [2.45, 2.75) is 23.8 Å². The molecule has 1 aromatic heterocycles. The van der Waals surface area contributed by atoms with E-state index in [1.807, 2.05) is 0 Å². The first-order chi connectivity index (χ1) is 7.55. The van der Waals surface area contributed by atoms with Crippen LogP contribution in [0.5, 0.6) is 0 Å². The first-order valence-electron chi connectivity index (χ1n) is 5.17. The molecule has 1 fully saturated rings. The number of aryl methyl sites for hydroxylation is 1. The van der Waals surface area contributed by atoms with E-state index in [-0.39, 0.29) is 17.5 Å². The zero-order valence-electron chi connectivity index (χ0n) is 9.07. The molecule has 16 heavy (non-hydrogen) atoms. The Morgan fingerprint density at radius 1 is 1.62 bits per heavy atom. The number of nitrogens with zero attached hydrogens (tertiary/aromatic N) is 3. The van der Waals surface area contributed by atoms with Crippen molar-refractivity contribution in [2.24, 2.45) is 7.05 Å². The molecule has 1 aliphatic rings. The van der Waals surface area contributed by atoms with Gasteiger partial charge in [0.25, 0.3) is 0 Å². The van der Waals surface area contributed by atoms with Crippen LogP contribution in [0.4, 0.5) is 0 Å². The van der Waals surface area contributed by atoms with Gasteiger partial charge in [0.15, 0.2) is 0 Å². The highest BCUT2D eigenvalue weighted by Crippen LogP contribution is 2.25. The van der Waals surface area contributed by atoms with E-state index in [4.69, 9.17) is 5.11 Å². The van der Waals surface area contributed by atoms with Crippen molar-refractivity contribution >= 4 is 10.0 Å². The van der Waals surface area contributed by atoms with E-state index in [2.05, 4.69) is 5.10 Å². The van der Waals surface area contributed by atoms with Gasteiger partial charge in [0.05, 0.1) is 12.8 Å². The van der Waals surface area contributed by atoms with Gasteiger partial charge in [0.2, 0.25) is 10.0 Å². The number of rotatable bonds is 3. The first kappa shape index (κ1) is 11.6. The normalized spacial score (nSPS) is 22.8. The molecule has 0 bridgehead atoms. The van der Waals surface area contributed by atoms with Crippen LogP contribution in [0, 0.1) is 0 Å². The lowest BCUT2D eigenvalue weighted by atomic mass is 10.2. The molecule has 1 aliphatic heterocycles. The number of aliphatic hydroxyl groups excluding tert-OH is 1. The minimum absolute atomic E-state index is 0.126. The minimum Gasteiger partial charge on any atom is -0.395 e. The molecule has 0 spiro atoms. The van der Waals surface area contributed by atoms with E-state index in [0.29, 0.717) is 6.54 Å². The molecule has 0 aromatic carbocycles. The fourth-order valence-corrected chi connectivity index (χ4v) is 3.65. The highest BCUT2D eigenvalue weighted by molar-refractivity contribution is 7.89. The number of aliphatic hydroxyl groups is 1. The van der Waals surface area contributed by atoms with Crippen LogP contribution >= 0.6 is 0 Å². The fraction of sp³-hybridized carbons (Fsp3) is 0.667. The molecule has 90 valence electrons. The summed E-state index contributed by atoms with van der Waals surface area (Å²) in [6.07, 6.45) is 4.32. The van der Waals surface area contributed by atoms with Crippen molar-refractivity contribution in [1.82, 2.24) is 14.1 Å². The summed E-state index contributed by atoms with van der Waals surface area (Å²) < 4.78 is 27.2. The molecule has 6 nitrogen and oxygen atoms in total. The van der Waals surface area contributed by atoms with Crippen molar-refractivity contribution in [1.29, 1.82) is 0 Å². The van der Waals surface area contributed by atoms with Gasteiger partial charge in [-0.2, -0.15) is 9.40 Å². The van der Waals surface area contributed by atoms with Crippen LogP contribution < -0.4 is 0 Å². The second kappa shape index (κ2) is 4.15. The van der Waals surface area contributed by atoms with Crippen molar-refractivity contribution in [2.75, 3.05) is 13.2 Å². The lowest BCUT2D eigenvalue weighted by molar-refractivity contribution is 0.213. The molecule has 0 amide bonds. The van der Waals surface area contributed by atoms with E-state index in [1.54, 1.807) is 7.05 Å². The average Bonchev–Trinajstić information content (AvgIpc) is 2.85. The summed E-state index contributed by atoms with van der Waals surface area (Å²) in [6.45, 7) is 0.349. The number of hydrogen-bond donors (Lipinski definition) is 1. The third kappa shape index (κ3) is 1.85. The van der Waals surface area contributed by atoms with Crippen LogP contribution in [0.1, 0.15) is 12.8 Å². The average molecular weight is 245 g/mol. The Hall–Kier alpha value is -0.920. The molecule has 1 saturated heterocycles. The van der Waals surface area contributed by atoms with Crippen LogP contribution in [-0.2, 0) is 17.1 Å². The Morgan fingerprint density at radius 2 is 2.38 bits per heavy atom. The molecule has 1 N–H and O–H groups in total. The Labute approximate surface area is 94.5 Å². The maximum absolute atomic E-state index is 12.2. The van der Waals surface area contributed by atoms with Gasteiger partial charge in [0, 0.05) is 25.8 Å². The molecule has 1 atom stereocenters. The zero-order valence-corrected chi connectivity index (χ0v) is 9.89. The predicted molar refractivity (Wildman–Crippen MR) is 57.2 cm³/mol. The number of sulfonamides is 1. The summed E-state index contributed by atoms with van der Waals surface area (Å²) in [4.78, 5) is 0.190. The van der Waals surface area contributed by atoms with Gasteiger partial charge in [-0.3, -0.25) is 4.68 Å². The van der Waals surface area contributed by atoms with Gasteiger partial charge < -0.3 is 5.11 Å². The first-order valence-corrected chi connectivity index (χ1v) is 6.61. The molecule has 7 heteroatoms. The van der Waals surface area contributed by atoms with Gasteiger partial charge in [-0.05, 0) is 12.8 Å². The summed E-state index contributed by atoms with van der Waals surface area (Å²) in [5.41, 5.74) is 0. The summed E-state index contributed by atoms with van der Waals surface area (Å²) in [6, 6.07) is -0.287. The van der Waals surface area contributed by atoms with E-state index in [1.165, 1.54) is 21.4 Å². The topological polar surface area (TPSA) is 75.4 Å². The smallest absolute Gasteiger partial charge is 0.246 e. The Morgan fingerprint density at radius 3 is 2.94 bits per heavy atom. The SMILES string of the molecule is Cn1cc(S(=O)(=O)N2CCC[C@H]2CO)cn1. The highest BCUT2D eigenvalue weighted by Gasteiger charge is 2.35. The molecule has 2 rings (SSSR count). The van der Waals surface area contributed by atoms with Gasteiger partial charge in [-0.25, -0.2) is 8.42 Å². The van der Waals surface area contributed by atoms with Crippen LogP contribution in [-0.4, -0.2) is 46.8 Å². The van der Waals surface area contributed by atoms with Crippen LogP contribution in [0.25, 0.3) is 0 Å². The minimum atomic E-state index is -3.49. The third-order valence-electron chi connectivity index (χ3n) is 2.82. The van der Waals surface area contributed by atoms with E-state index >= 15 is 0 Å². The van der Waals surface area contributed by atoms with E-state index < -0.39 is 10.0 Å². The Kier molecular flexibility index (Phi) is 3.00. The summed E-state index contributed by atoms with van der Waals surface area (Å²) >= 11 is 0. The van der Waals surface area contributed by atoms with Gasteiger partial charge in [-0.15, -0.1) is 0 Å². The van der Waals surface area contributed by atoms with Crippen LogP contribution in [0.3, 0.4) is 0 Å². The quantitative estimate of drug-likeness (QED) is 0.783. The molecule has 0 saturated carbocycles. The fourth-order valence-electron chi connectivity index (χ4n) is 1.98. The molecular weight excluding hydrogens is 230 g/mol. The van der Waals surface area contributed by atoms with Crippen molar-refractivity contribution < 1.29 is 13.5 Å². The predicted octanol–water partition coefficient (Wildman–Crippen LogP) is -0.435. The van der Waals surface area contributed by atoms with Crippen molar-refractivity contribution in [3.8, 4) is 0 Å². The lowest BCUT2D eigenvalue weighted by Crippen LogP contribution is -2.37. The monoisotopic (exact) mass is 245 g/mol. The summed E-state index contributed by atoms with van der Waals surface area (Å²) in [5, 5.41) is 13.0. The number of hydrogen-bond acceptors (Lipinski definition) is 4. The Balaban J connectivity index is 2.32. The molecular formula is C9H15N3O3S. The molecule has 1 aromatic rings. The van der Waals surface area contributed by atoms with E-state index in [9.17, 15) is 8.42 Å². The van der Waals surface area contributed by atoms with Crippen molar-refractivity contribution in [3.63, 3.8) is 0 Å². The maximum Gasteiger partial charge on any atom is 0.246 e. The van der Waals surface area contributed by atoms with Crippen LogP contribution in [0.15, 0.2) is 17.3 Å². The summed E-state index contributed by atoms with van der Waals surface area (Å²) in [5.74, 6) is 0. The molecule has 0 unspecified atom stereocenters. The largest absolute Gasteiger partial charge is 0.395 e. The highest BCUT2D eigenvalue weighted by atomic mass is 32.2. The Bertz CT molecular complexity index is 468. The lowest BCUT2D eigenvalue weighted by Gasteiger charge is -2.21. The maximum atomic E-state index is 12.2.